The third kappa shape index (κ3) is 3.30. The van der Waals surface area contributed by atoms with Gasteiger partial charge in [-0.3, -0.25) is 9.88 Å². The van der Waals surface area contributed by atoms with Crippen LogP contribution in [-0.4, -0.2) is 34.7 Å². The zero-order valence-electron chi connectivity index (χ0n) is 7.40. The minimum atomic E-state index is -0.261. The Balaban J connectivity index is 2.32. The van der Waals surface area contributed by atoms with E-state index >= 15 is 0 Å². The molecule has 0 aromatic carbocycles. The largest absolute Gasteiger partial charge is 0.392 e. The van der Waals surface area contributed by atoms with Gasteiger partial charge >= 0.3 is 0 Å². The molecule has 68 valence electrons. The minimum absolute atomic E-state index is 0.261. The summed E-state index contributed by atoms with van der Waals surface area (Å²) in [5.41, 5.74) is 1.82. The van der Waals surface area contributed by atoms with Gasteiger partial charge in [0.1, 0.15) is 0 Å². The van der Waals surface area contributed by atoms with E-state index in [0.717, 1.165) is 6.54 Å². The number of thiazole rings is 1. The molecule has 0 saturated carbocycles. The zero-order chi connectivity index (χ0) is 8.97. The molecule has 0 aliphatic carbocycles. The second-order valence-electron chi connectivity index (χ2n) is 3.01. The highest BCUT2D eigenvalue weighted by molar-refractivity contribution is 7.09. The van der Waals surface area contributed by atoms with E-state index < -0.39 is 0 Å². The molecule has 1 N–H and O–H groups in total. The average molecular weight is 186 g/mol. The summed E-state index contributed by atoms with van der Waals surface area (Å²) in [4.78, 5) is 7.30. The summed E-state index contributed by atoms with van der Waals surface area (Å²) in [5.74, 6) is 0. The van der Waals surface area contributed by atoms with Crippen molar-refractivity contribution in [3.8, 4) is 0 Å². The first-order valence-corrected chi connectivity index (χ1v) is 4.80. The molecule has 1 aromatic rings. The SMILES string of the molecule is CC(O)CN(C)Cc1cncs1. The third-order valence-electron chi connectivity index (χ3n) is 1.49. The van der Waals surface area contributed by atoms with Crippen molar-refractivity contribution >= 4 is 11.3 Å². The molecule has 12 heavy (non-hydrogen) atoms. The summed E-state index contributed by atoms with van der Waals surface area (Å²) in [7, 11) is 1.99. The van der Waals surface area contributed by atoms with E-state index in [-0.39, 0.29) is 6.10 Å². The lowest BCUT2D eigenvalue weighted by Gasteiger charge is -2.16. The quantitative estimate of drug-likeness (QED) is 0.760. The van der Waals surface area contributed by atoms with Gasteiger partial charge in [-0.15, -0.1) is 11.3 Å². The van der Waals surface area contributed by atoms with Gasteiger partial charge in [0.05, 0.1) is 11.6 Å². The van der Waals surface area contributed by atoms with Crippen LogP contribution >= 0.6 is 11.3 Å². The number of hydrogen-bond acceptors (Lipinski definition) is 4. The smallest absolute Gasteiger partial charge is 0.0794 e. The van der Waals surface area contributed by atoms with Gasteiger partial charge in [-0.25, -0.2) is 0 Å². The standard InChI is InChI=1S/C8H14N2OS/c1-7(11)4-10(2)5-8-3-9-6-12-8/h3,6-7,11H,4-5H2,1-2H3. The van der Waals surface area contributed by atoms with Crippen molar-refractivity contribution in [3.05, 3.63) is 16.6 Å². The average Bonchev–Trinajstić information content (AvgIpc) is 2.37. The molecule has 3 nitrogen and oxygen atoms in total. The second kappa shape index (κ2) is 4.54. The fourth-order valence-corrected chi connectivity index (χ4v) is 1.78. The van der Waals surface area contributed by atoms with Crippen molar-refractivity contribution in [2.75, 3.05) is 13.6 Å². The summed E-state index contributed by atoms with van der Waals surface area (Å²) in [6.45, 7) is 3.37. The monoisotopic (exact) mass is 186 g/mol. The molecule has 0 amide bonds. The molecular weight excluding hydrogens is 172 g/mol. The first-order valence-electron chi connectivity index (χ1n) is 3.92. The van der Waals surface area contributed by atoms with Crippen LogP contribution in [0.15, 0.2) is 11.7 Å². The minimum Gasteiger partial charge on any atom is -0.392 e. The van der Waals surface area contributed by atoms with Crippen LogP contribution in [0, 0.1) is 0 Å². The molecule has 0 aliphatic heterocycles. The topological polar surface area (TPSA) is 36.4 Å². The van der Waals surface area contributed by atoms with Crippen LogP contribution in [0.25, 0.3) is 0 Å². The number of nitrogens with zero attached hydrogens (tertiary/aromatic N) is 2. The summed E-state index contributed by atoms with van der Waals surface area (Å²) in [6.07, 6.45) is 1.60. The third-order valence-corrected chi connectivity index (χ3v) is 2.25. The number of aliphatic hydroxyl groups is 1. The maximum Gasteiger partial charge on any atom is 0.0794 e. The normalized spacial score (nSPS) is 13.7. The maximum absolute atomic E-state index is 9.10. The molecule has 0 aliphatic rings. The number of likely N-dealkylation sites (N-methyl/N-ethyl adjacent to an activating group) is 1. The fourth-order valence-electron chi connectivity index (χ4n) is 1.10. The highest BCUT2D eigenvalue weighted by Gasteiger charge is 2.04. The van der Waals surface area contributed by atoms with Crippen LogP contribution in [-0.2, 0) is 6.54 Å². The molecule has 0 radical (unpaired) electrons. The lowest BCUT2D eigenvalue weighted by molar-refractivity contribution is 0.139. The van der Waals surface area contributed by atoms with Gasteiger partial charge in [-0.1, -0.05) is 0 Å². The van der Waals surface area contributed by atoms with E-state index in [9.17, 15) is 0 Å². The van der Waals surface area contributed by atoms with Gasteiger partial charge in [0.2, 0.25) is 0 Å². The van der Waals surface area contributed by atoms with Gasteiger partial charge in [0.15, 0.2) is 0 Å². The molecule has 4 heteroatoms. The van der Waals surface area contributed by atoms with Crippen LogP contribution in [0.3, 0.4) is 0 Å². The number of aromatic nitrogens is 1. The molecule has 1 atom stereocenters. The van der Waals surface area contributed by atoms with Crippen molar-refractivity contribution in [1.82, 2.24) is 9.88 Å². The van der Waals surface area contributed by atoms with Gasteiger partial charge in [-0.05, 0) is 14.0 Å². The lowest BCUT2D eigenvalue weighted by atomic mass is 10.3. The molecule has 1 aromatic heterocycles. The highest BCUT2D eigenvalue weighted by Crippen LogP contribution is 2.08. The van der Waals surface area contributed by atoms with E-state index in [1.807, 2.05) is 18.8 Å². The molecular formula is C8H14N2OS. The molecule has 0 fully saturated rings. The van der Waals surface area contributed by atoms with E-state index in [0.29, 0.717) is 6.54 Å². The van der Waals surface area contributed by atoms with Crippen molar-refractivity contribution in [2.45, 2.75) is 19.6 Å². The first kappa shape index (κ1) is 9.64. The van der Waals surface area contributed by atoms with Crippen molar-refractivity contribution in [3.63, 3.8) is 0 Å². The number of rotatable bonds is 4. The Hall–Kier alpha value is -0.450. The van der Waals surface area contributed by atoms with E-state index in [4.69, 9.17) is 5.11 Å². The molecule has 0 spiro atoms. The molecule has 0 bridgehead atoms. The molecule has 1 unspecified atom stereocenters. The van der Waals surface area contributed by atoms with E-state index in [1.165, 1.54) is 4.88 Å². The zero-order valence-corrected chi connectivity index (χ0v) is 8.21. The summed E-state index contributed by atoms with van der Waals surface area (Å²) in [6, 6.07) is 0. The molecule has 1 heterocycles. The van der Waals surface area contributed by atoms with Gasteiger partial charge < -0.3 is 5.11 Å². The second-order valence-corrected chi connectivity index (χ2v) is 3.98. The highest BCUT2D eigenvalue weighted by atomic mass is 32.1. The predicted molar refractivity (Wildman–Crippen MR) is 50.1 cm³/mol. The Morgan fingerprint density at radius 3 is 3.00 bits per heavy atom. The van der Waals surface area contributed by atoms with E-state index in [2.05, 4.69) is 9.88 Å². The van der Waals surface area contributed by atoms with Crippen LogP contribution in [0.4, 0.5) is 0 Å². The summed E-state index contributed by atoms with van der Waals surface area (Å²) in [5, 5.41) is 9.10. The van der Waals surface area contributed by atoms with Crippen LogP contribution in [0.1, 0.15) is 11.8 Å². The Bertz CT molecular complexity index is 211. The number of hydrogen-bond donors (Lipinski definition) is 1. The summed E-state index contributed by atoms with van der Waals surface area (Å²) < 4.78 is 0. The Labute approximate surface area is 76.7 Å². The fraction of sp³-hybridized carbons (Fsp3) is 0.625. The molecule has 0 saturated heterocycles. The Kier molecular flexibility index (Phi) is 3.65. The Morgan fingerprint density at radius 2 is 2.50 bits per heavy atom. The van der Waals surface area contributed by atoms with Crippen molar-refractivity contribution < 1.29 is 5.11 Å². The molecule has 1 rings (SSSR count). The maximum atomic E-state index is 9.10. The van der Waals surface area contributed by atoms with E-state index in [1.54, 1.807) is 18.3 Å². The number of aliphatic hydroxyl groups excluding tert-OH is 1. The van der Waals surface area contributed by atoms with Gasteiger partial charge in [0, 0.05) is 24.2 Å². The van der Waals surface area contributed by atoms with Crippen LogP contribution in [0.2, 0.25) is 0 Å². The van der Waals surface area contributed by atoms with Crippen molar-refractivity contribution in [1.29, 1.82) is 0 Å². The van der Waals surface area contributed by atoms with Crippen LogP contribution < -0.4 is 0 Å². The van der Waals surface area contributed by atoms with Crippen LogP contribution in [0.5, 0.6) is 0 Å². The van der Waals surface area contributed by atoms with Gasteiger partial charge in [0.25, 0.3) is 0 Å². The lowest BCUT2D eigenvalue weighted by Crippen LogP contribution is -2.26. The van der Waals surface area contributed by atoms with Gasteiger partial charge in [-0.2, -0.15) is 0 Å². The predicted octanol–water partition coefficient (Wildman–Crippen LogP) is 0.956. The Morgan fingerprint density at radius 1 is 1.75 bits per heavy atom. The first-order chi connectivity index (χ1) is 5.68. The van der Waals surface area contributed by atoms with Crippen molar-refractivity contribution in [2.24, 2.45) is 0 Å². The summed E-state index contributed by atoms with van der Waals surface area (Å²) >= 11 is 1.64.